The molecule has 0 fully saturated rings. The lowest BCUT2D eigenvalue weighted by atomic mass is 10.2. The van der Waals surface area contributed by atoms with Gasteiger partial charge in [0.05, 0.1) is 5.02 Å². The lowest BCUT2D eigenvalue weighted by Gasteiger charge is -2.05. The third-order valence-corrected chi connectivity index (χ3v) is 2.84. The quantitative estimate of drug-likeness (QED) is 0.831. The summed E-state index contributed by atoms with van der Waals surface area (Å²) in [4.78, 5) is 14.6. The highest BCUT2D eigenvalue weighted by molar-refractivity contribution is 6.32. The van der Waals surface area contributed by atoms with Crippen LogP contribution in [-0.4, -0.2) is 29.0 Å². The van der Waals surface area contributed by atoms with Crippen LogP contribution in [0.2, 0.25) is 5.02 Å². The summed E-state index contributed by atoms with van der Waals surface area (Å²) in [6.45, 7) is -0.453. The zero-order valence-electron chi connectivity index (χ0n) is 10.9. The number of phenolic OH excluding ortho intramolecular Hbond substituents is 1. The zero-order valence-corrected chi connectivity index (χ0v) is 11.6. The van der Waals surface area contributed by atoms with E-state index in [1.54, 1.807) is 48.7 Å². The van der Waals surface area contributed by atoms with Crippen LogP contribution < -0.4 is 4.74 Å². The number of benzene rings is 2. The number of para-hydroxylation sites is 2. The van der Waals surface area contributed by atoms with Gasteiger partial charge in [0.25, 0.3) is 0 Å². The maximum Gasteiger partial charge on any atom is 0.341 e. The molecule has 108 valence electrons. The molecule has 6 heteroatoms. The van der Waals surface area contributed by atoms with E-state index in [1.807, 2.05) is 0 Å². The molecule has 0 bridgehead atoms. The number of carbonyl (C=O) groups is 1. The van der Waals surface area contributed by atoms with Gasteiger partial charge < -0.3 is 14.9 Å². The highest BCUT2D eigenvalue weighted by Crippen LogP contribution is 2.27. The van der Waals surface area contributed by atoms with Gasteiger partial charge in [-0.15, -0.1) is 0 Å². The molecule has 2 rings (SSSR count). The van der Waals surface area contributed by atoms with E-state index in [0.29, 0.717) is 17.0 Å². The van der Waals surface area contributed by atoms with Crippen LogP contribution >= 0.6 is 11.6 Å². The fraction of sp³-hybridized carbons (Fsp3) is 0.0667. The van der Waals surface area contributed by atoms with Gasteiger partial charge in [-0.2, -0.15) is 0 Å². The highest BCUT2D eigenvalue weighted by Gasteiger charge is 2.05. The number of phenols is 1. The van der Waals surface area contributed by atoms with Gasteiger partial charge in [-0.05, 0) is 35.9 Å². The molecule has 0 heterocycles. The fourth-order valence-electron chi connectivity index (χ4n) is 1.57. The lowest BCUT2D eigenvalue weighted by Crippen LogP contribution is -2.09. The van der Waals surface area contributed by atoms with Crippen molar-refractivity contribution in [2.45, 2.75) is 0 Å². The van der Waals surface area contributed by atoms with Crippen molar-refractivity contribution in [2.24, 2.45) is 4.99 Å². The molecule has 0 aliphatic heterocycles. The van der Waals surface area contributed by atoms with E-state index < -0.39 is 12.6 Å². The maximum atomic E-state index is 10.4. The Hall–Kier alpha value is -2.53. The summed E-state index contributed by atoms with van der Waals surface area (Å²) in [6.07, 6.45) is 1.54. The Morgan fingerprint density at radius 3 is 2.71 bits per heavy atom. The second-order valence-electron chi connectivity index (χ2n) is 4.12. The minimum atomic E-state index is -1.07. The second-order valence-corrected chi connectivity index (χ2v) is 4.53. The minimum absolute atomic E-state index is 0.0845. The molecule has 5 nitrogen and oxygen atoms in total. The van der Waals surface area contributed by atoms with Gasteiger partial charge in [-0.25, -0.2) is 4.79 Å². The Balaban J connectivity index is 2.13. The van der Waals surface area contributed by atoms with Gasteiger partial charge in [0.15, 0.2) is 6.61 Å². The molecular formula is C15H12ClNO4. The Labute approximate surface area is 126 Å². The van der Waals surface area contributed by atoms with Crippen LogP contribution in [0.4, 0.5) is 5.69 Å². The van der Waals surface area contributed by atoms with E-state index in [9.17, 15) is 9.90 Å². The van der Waals surface area contributed by atoms with Crippen LogP contribution in [0.3, 0.4) is 0 Å². The van der Waals surface area contributed by atoms with E-state index in [2.05, 4.69) is 4.99 Å². The van der Waals surface area contributed by atoms with Crippen LogP contribution in [-0.2, 0) is 4.79 Å². The first kappa shape index (κ1) is 14.9. The monoisotopic (exact) mass is 305 g/mol. The summed E-state index contributed by atoms with van der Waals surface area (Å²) in [7, 11) is 0. The molecule has 0 spiro atoms. The average molecular weight is 306 g/mol. The number of halogens is 1. The number of carboxylic acids is 1. The highest BCUT2D eigenvalue weighted by atomic mass is 35.5. The Morgan fingerprint density at radius 2 is 2.05 bits per heavy atom. The lowest BCUT2D eigenvalue weighted by molar-refractivity contribution is -0.139. The first-order valence-corrected chi connectivity index (χ1v) is 6.40. The Kier molecular flexibility index (Phi) is 4.79. The first-order valence-electron chi connectivity index (χ1n) is 6.02. The molecule has 0 amide bonds. The van der Waals surface area contributed by atoms with Crippen LogP contribution in [0.15, 0.2) is 47.5 Å². The van der Waals surface area contributed by atoms with E-state index in [-0.39, 0.29) is 10.8 Å². The number of hydrogen-bond acceptors (Lipinski definition) is 4. The standard InChI is InChI=1S/C15H12ClNO4/c16-11-7-10(5-6-14(11)21-9-15(19)20)8-17-12-3-1-2-4-13(12)18/h1-8,18H,9H2,(H,19,20). The summed E-state index contributed by atoms with van der Waals surface area (Å²) >= 11 is 6.00. The molecule has 21 heavy (non-hydrogen) atoms. The molecule has 2 N–H and O–H groups in total. The molecule has 0 unspecified atom stereocenters. The fourth-order valence-corrected chi connectivity index (χ4v) is 1.81. The van der Waals surface area contributed by atoms with Gasteiger partial charge in [-0.3, -0.25) is 4.99 Å². The largest absolute Gasteiger partial charge is 0.506 e. The Bertz CT molecular complexity index is 685. The molecule has 0 radical (unpaired) electrons. The van der Waals surface area contributed by atoms with Crippen molar-refractivity contribution in [3.8, 4) is 11.5 Å². The van der Waals surface area contributed by atoms with Gasteiger partial charge in [0, 0.05) is 6.21 Å². The van der Waals surface area contributed by atoms with Gasteiger partial charge >= 0.3 is 5.97 Å². The van der Waals surface area contributed by atoms with Gasteiger partial charge in [0.2, 0.25) is 0 Å². The predicted octanol–water partition coefficient (Wildman–Crippen LogP) is 3.26. The number of aliphatic imine (C=N–C) groups is 1. The Morgan fingerprint density at radius 1 is 1.29 bits per heavy atom. The summed E-state index contributed by atoms with van der Waals surface area (Å²) < 4.78 is 5.02. The number of nitrogens with zero attached hydrogens (tertiary/aromatic N) is 1. The number of ether oxygens (including phenoxy) is 1. The first-order chi connectivity index (χ1) is 10.1. The summed E-state index contributed by atoms with van der Waals surface area (Å²) in [6, 6.07) is 11.6. The molecule has 0 aromatic heterocycles. The number of aliphatic carboxylic acids is 1. The van der Waals surface area contributed by atoms with Crippen molar-refractivity contribution in [1.82, 2.24) is 0 Å². The van der Waals surface area contributed by atoms with Crippen LogP contribution in [0.5, 0.6) is 11.5 Å². The van der Waals surface area contributed by atoms with Crippen molar-refractivity contribution in [3.63, 3.8) is 0 Å². The van der Waals surface area contributed by atoms with Crippen LogP contribution in [0.1, 0.15) is 5.56 Å². The van der Waals surface area contributed by atoms with E-state index in [1.165, 1.54) is 0 Å². The van der Waals surface area contributed by atoms with Crippen molar-refractivity contribution < 1.29 is 19.7 Å². The maximum absolute atomic E-state index is 10.4. The number of hydrogen-bond donors (Lipinski definition) is 2. The summed E-state index contributed by atoms with van der Waals surface area (Å²) in [5.74, 6) is -0.698. The van der Waals surface area contributed by atoms with E-state index in [0.717, 1.165) is 0 Å². The van der Waals surface area contributed by atoms with Gasteiger partial charge in [0.1, 0.15) is 17.2 Å². The van der Waals surface area contributed by atoms with E-state index >= 15 is 0 Å². The SMILES string of the molecule is O=C(O)COc1ccc(C=Nc2ccccc2O)cc1Cl. The minimum Gasteiger partial charge on any atom is -0.506 e. The predicted molar refractivity (Wildman–Crippen MR) is 79.9 cm³/mol. The summed E-state index contributed by atoms with van der Waals surface area (Å²) in [5.41, 5.74) is 1.14. The van der Waals surface area contributed by atoms with Crippen LogP contribution in [0, 0.1) is 0 Å². The smallest absolute Gasteiger partial charge is 0.341 e. The molecule has 0 aliphatic rings. The zero-order chi connectivity index (χ0) is 15.2. The molecule has 0 saturated heterocycles. The van der Waals surface area contributed by atoms with Crippen LogP contribution in [0.25, 0.3) is 0 Å². The van der Waals surface area contributed by atoms with Gasteiger partial charge in [-0.1, -0.05) is 23.7 Å². The molecule has 2 aromatic carbocycles. The summed E-state index contributed by atoms with van der Waals surface area (Å²) in [5, 5.41) is 18.4. The number of carboxylic acid groups (broad SMARTS) is 1. The van der Waals surface area contributed by atoms with E-state index in [4.69, 9.17) is 21.4 Å². The van der Waals surface area contributed by atoms with Crippen molar-refractivity contribution in [3.05, 3.63) is 53.1 Å². The molecule has 2 aromatic rings. The second kappa shape index (κ2) is 6.76. The van der Waals surface area contributed by atoms with Crippen molar-refractivity contribution >= 4 is 29.5 Å². The van der Waals surface area contributed by atoms with Crippen molar-refractivity contribution in [1.29, 1.82) is 0 Å². The number of aromatic hydroxyl groups is 1. The third kappa shape index (κ3) is 4.22. The number of rotatable bonds is 5. The molecule has 0 atom stereocenters. The van der Waals surface area contributed by atoms with Crippen molar-refractivity contribution in [2.75, 3.05) is 6.61 Å². The molecule has 0 aliphatic carbocycles. The average Bonchev–Trinajstić information content (AvgIpc) is 2.45. The normalized spacial score (nSPS) is 10.7. The third-order valence-electron chi connectivity index (χ3n) is 2.54. The molecular weight excluding hydrogens is 294 g/mol. The molecule has 0 saturated carbocycles. The topological polar surface area (TPSA) is 79.1 Å².